The van der Waals surface area contributed by atoms with Gasteiger partial charge in [0.05, 0.1) is 0 Å². The molecule has 3 aromatic carbocycles. The maximum absolute atomic E-state index is 12.5. The molecular formula is C31H39N5O2. The first-order valence-electron chi connectivity index (χ1n) is 13.1. The van der Waals surface area contributed by atoms with Crippen LogP contribution in [0.5, 0.6) is 5.75 Å². The molecule has 1 heterocycles. The quantitative estimate of drug-likeness (QED) is 0.309. The zero-order valence-corrected chi connectivity index (χ0v) is 23.4. The van der Waals surface area contributed by atoms with Crippen molar-refractivity contribution in [3.05, 3.63) is 88.5 Å². The number of nitrogens with zero attached hydrogens (tertiary/aromatic N) is 1. The lowest BCUT2D eigenvalue weighted by atomic mass is 9.85. The highest BCUT2D eigenvalue weighted by Crippen LogP contribution is 2.35. The Bertz CT molecular complexity index is 1280. The number of hydrazine groups is 2. The van der Waals surface area contributed by atoms with Gasteiger partial charge < -0.3 is 4.74 Å². The molecule has 1 aliphatic heterocycles. The van der Waals surface area contributed by atoms with Crippen LogP contribution >= 0.6 is 0 Å². The lowest BCUT2D eigenvalue weighted by Crippen LogP contribution is -2.43. The third-order valence-corrected chi connectivity index (χ3v) is 6.69. The number of amides is 1. The minimum Gasteiger partial charge on any atom is -0.486 e. The van der Waals surface area contributed by atoms with Gasteiger partial charge in [0, 0.05) is 5.56 Å². The molecule has 7 nitrogen and oxygen atoms in total. The smallest absolute Gasteiger partial charge is 0.258 e. The Labute approximate surface area is 226 Å². The molecule has 0 bridgehead atoms. The van der Waals surface area contributed by atoms with Gasteiger partial charge in [-0.2, -0.15) is 0 Å². The number of hydrogen-bond acceptors (Lipinski definition) is 6. The molecule has 4 rings (SSSR count). The van der Waals surface area contributed by atoms with Crippen molar-refractivity contribution in [1.82, 2.24) is 21.8 Å². The number of hydrazone groups is 1. The van der Waals surface area contributed by atoms with E-state index in [1.807, 2.05) is 24.3 Å². The second-order valence-corrected chi connectivity index (χ2v) is 11.4. The number of guanidine groups is 1. The van der Waals surface area contributed by atoms with Gasteiger partial charge in [-0.1, -0.05) is 71.0 Å². The van der Waals surface area contributed by atoms with Gasteiger partial charge in [0.2, 0.25) is 5.96 Å². The molecule has 4 N–H and O–H groups in total. The molecule has 0 spiro atoms. The van der Waals surface area contributed by atoms with Gasteiger partial charge in [-0.25, -0.2) is 5.53 Å². The molecule has 0 saturated carbocycles. The van der Waals surface area contributed by atoms with Gasteiger partial charge in [-0.3, -0.25) is 15.5 Å². The van der Waals surface area contributed by atoms with E-state index in [-0.39, 0.29) is 17.4 Å². The summed E-state index contributed by atoms with van der Waals surface area (Å²) in [7, 11) is 0. The van der Waals surface area contributed by atoms with E-state index in [9.17, 15) is 4.79 Å². The van der Waals surface area contributed by atoms with Crippen LogP contribution in [0, 0.1) is 19.8 Å². The number of ether oxygens (including phenoxy) is 1. The van der Waals surface area contributed by atoms with Crippen LogP contribution in [0.2, 0.25) is 0 Å². The summed E-state index contributed by atoms with van der Waals surface area (Å²) in [5.41, 5.74) is 15.7. The van der Waals surface area contributed by atoms with Crippen LogP contribution in [0.4, 0.5) is 0 Å². The molecule has 0 aliphatic carbocycles. The van der Waals surface area contributed by atoms with Crippen LogP contribution in [-0.2, 0) is 5.41 Å². The fourth-order valence-electron chi connectivity index (χ4n) is 4.72. The molecular weight excluding hydrogens is 474 g/mol. The average Bonchev–Trinajstić information content (AvgIpc) is 3.36. The standard InChI is InChI=1S/C31H39N5O2/c1-19(2)16-27(22-8-10-24(11-9-22)29(37)32-30-33-35-36-34-30)38-26-17-20(3)28(21(4)18-26)23-12-14-25(15-13-23)31(5,6)7/h8-15,17-19,27,35-36H,16H2,1-7H3,(H2,32,33,34,37). The second kappa shape index (κ2) is 11.3. The van der Waals surface area contributed by atoms with Gasteiger partial charge in [0.1, 0.15) is 11.9 Å². The predicted molar refractivity (Wildman–Crippen MR) is 154 cm³/mol. The molecule has 200 valence electrons. The Kier molecular flexibility index (Phi) is 8.07. The average molecular weight is 514 g/mol. The summed E-state index contributed by atoms with van der Waals surface area (Å²) >= 11 is 0. The van der Waals surface area contributed by atoms with E-state index in [1.54, 1.807) is 0 Å². The first kappa shape index (κ1) is 27.2. The van der Waals surface area contributed by atoms with Crippen LogP contribution in [0.1, 0.15) is 79.8 Å². The first-order valence-corrected chi connectivity index (χ1v) is 13.1. The first-order chi connectivity index (χ1) is 18.0. The minimum absolute atomic E-state index is 0.128. The Hall–Kier alpha value is -3.84. The number of hydrogen-bond donors (Lipinski definition) is 4. The zero-order chi connectivity index (χ0) is 27.4. The third-order valence-electron chi connectivity index (χ3n) is 6.69. The number of carbonyl (C=O) groups excluding carboxylic acids is 1. The molecule has 38 heavy (non-hydrogen) atoms. The zero-order valence-electron chi connectivity index (χ0n) is 23.4. The van der Waals surface area contributed by atoms with E-state index in [2.05, 4.69) is 112 Å². The maximum Gasteiger partial charge on any atom is 0.258 e. The third kappa shape index (κ3) is 6.53. The lowest BCUT2D eigenvalue weighted by Gasteiger charge is -2.23. The summed E-state index contributed by atoms with van der Waals surface area (Å²) in [5.74, 6) is 1.37. The van der Waals surface area contributed by atoms with E-state index >= 15 is 0 Å². The van der Waals surface area contributed by atoms with Crippen LogP contribution in [0.3, 0.4) is 0 Å². The highest BCUT2D eigenvalue weighted by Gasteiger charge is 2.19. The molecule has 0 radical (unpaired) electrons. The van der Waals surface area contributed by atoms with Gasteiger partial charge in [-0.15, -0.1) is 10.6 Å². The van der Waals surface area contributed by atoms with Crippen molar-refractivity contribution in [3.8, 4) is 16.9 Å². The number of aryl methyl sites for hydroxylation is 2. The van der Waals surface area contributed by atoms with Gasteiger partial charge in [0.25, 0.3) is 5.91 Å². The number of benzene rings is 3. The summed E-state index contributed by atoms with van der Waals surface area (Å²) in [5, 5.41) is 6.57. The van der Waals surface area contributed by atoms with E-state index < -0.39 is 0 Å². The van der Waals surface area contributed by atoms with E-state index in [1.165, 1.54) is 27.8 Å². The molecule has 0 saturated heterocycles. The van der Waals surface area contributed by atoms with Crippen LogP contribution in [0.25, 0.3) is 11.1 Å². The Morgan fingerprint density at radius 2 is 1.61 bits per heavy atom. The van der Waals surface area contributed by atoms with Crippen molar-refractivity contribution in [2.45, 2.75) is 66.4 Å². The summed E-state index contributed by atoms with van der Waals surface area (Å²) in [6.45, 7) is 15.4. The van der Waals surface area contributed by atoms with E-state index in [0.717, 1.165) is 17.7 Å². The van der Waals surface area contributed by atoms with E-state index in [0.29, 0.717) is 17.4 Å². The molecule has 0 aromatic heterocycles. The number of carbonyl (C=O) groups is 1. The van der Waals surface area contributed by atoms with Crippen molar-refractivity contribution >= 4 is 11.9 Å². The van der Waals surface area contributed by atoms with Gasteiger partial charge in [0.15, 0.2) is 0 Å². The molecule has 1 unspecified atom stereocenters. The van der Waals surface area contributed by atoms with Crippen LogP contribution in [0.15, 0.2) is 65.8 Å². The van der Waals surface area contributed by atoms with Crippen molar-refractivity contribution < 1.29 is 9.53 Å². The van der Waals surface area contributed by atoms with Crippen LogP contribution in [-0.4, -0.2) is 11.9 Å². The van der Waals surface area contributed by atoms with Crippen molar-refractivity contribution in [1.29, 1.82) is 0 Å². The summed E-state index contributed by atoms with van der Waals surface area (Å²) in [4.78, 5) is 12.5. The highest BCUT2D eigenvalue weighted by molar-refractivity contribution is 6.05. The topological polar surface area (TPSA) is 86.8 Å². The lowest BCUT2D eigenvalue weighted by molar-refractivity contribution is 0.0975. The SMILES string of the molecule is Cc1cc(OC(CC(C)C)c2ccc(C(=O)NC3=NNNN3)cc2)cc(C)c1-c1ccc(C(C)(C)C)cc1. The fourth-order valence-corrected chi connectivity index (χ4v) is 4.72. The Morgan fingerprint density at radius 1 is 0.974 bits per heavy atom. The monoisotopic (exact) mass is 513 g/mol. The van der Waals surface area contributed by atoms with Crippen LogP contribution < -0.4 is 26.5 Å². The molecule has 0 fully saturated rings. The Morgan fingerprint density at radius 3 is 2.13 bits per heavy atom. The van der Waals surface area contributed by atoms with Crippen molar-refractivity contribution in [2.24, 2.45) is 11.0 Å². The fraction of sp³-hybridized carbons (Fsp3) is 0.355. The van der Waals surface area contributed by atoms with Gasteiger partial charge >= 0.3 is 0 Å². The molecule has 1 amide bonds. The number of nitrogens with one attached hydrogen (secondary N) is 4. The highest BCUT2D eigenvalue weighted by atomic mass is 16.5. The summed E-state index contributed by atoms with van der Waals surface area (Å²) in [6, 6.07) is 20.7. The second-order valence-electron chi connectivity index (χ2n) is 11.4. The molecule has 1 aliphatic rings. The normalized spacial score (nSPS) is 13.9. The minimum atomic E-state index is -0.244. The molecule has 1 atom stereocenters. The summed E-state index contributed by atoms with van der Waals surface area (Å²) < 4.78 is 6.59. The maximum atomic E-state index is 12.5. The summed E-state index contributed by atoms with van der Waals surface area (Å²) in [6.07, 6.45) is 0.731. The predicted octanol–water partition coefficient (Wildman–Crippen LogP) is 6.05. The molecule has 7 heteroatoms. The van der Waals surface area contributed by atoms with Gasteiger partial charge in [-0.05, 0) is 89.2 Å². The van der Waals surface area contributed by atoms with Crippen molar-refractivity contribution in [3.63, 3.8) is 0 Å². The van der Waals surface area contributed by atoms with E-state index in [4.69, 9.17) is 4.74 Å². The van der Waals surface area contributed by atoms with Crippen molar-refractivity contribution in [2.75, 3.05) is 0 Å². The molecule has 3 aromatic rings. The number of rotatable bonds is 7. The Balaban J connectivity index is 1.54. The largest absolute Gasteiger partial charge is 0.486 e.